The van der Waals surface area contributed by atoms with E-state index >= 15 is 0 Å². The van der Waals surface area contributed by atoms with Crippen LogP contribution in [0.1, 0.15) is 10.4 Å². The Hall–Kier alpha value is -1.34. The summed E-state index contributed by atoms with van der Waals surface area (Å²) in [4.78, 5) is 27.5. The number of carbonyl (C=O) groups excluding carboxylic acids is 2. The second kappa shape index (κ2) is 7.97. The van der Waals surface area contributed by atoms with Gasteiger partial charge in [-0.2, -0.15) is 0 Å². The molecule has 1 amide bonds. The number of carbonyl (C=O) groups is 2. The first kappa shape index (κ1) is 18.0. The Labute approximate surface area is 155 Å². The number of rotatable bonds is 4. The van der Waals surface area contributed by atoms with Crippen LogP contribution in [0.5, 0.6) is 0 Å². The first-order valence-corrected chi connectivity index (χ1v) is 8.01. The highest BCUT2D eigenvalue weighted by Gasteiger charge is 2.14. The largest absolute Gasteiger partial charge is 0.452 e. The van der Waals surface area contributed by atoms with Gasteiger partial charge in [-0.1, -0.05) is 34.8 Å². The van der Waals surface area contributed by atoms with Crippen LogP contribution in [0.2, 0.25) is 15.1 Å². The Morgan fingerprint density at radius 2 is 1.78 bits per heavy atom. The lowest BCUT2D eigenvalue weighted by Gasteiger charge is -2.10. The molecular formula is C14H8BrCl3N2O3. The van der Waals surface area contributed by atoms with Crippen molar-refractivity contribution in [3.8, 4) is 0 Å². The van der Waals surface area contributed by atoms with Crippen molar-refractivity contribution in [1.82, 2.24) is 4.98 Å². The van der Waals surface area contributed by atoms with Crippen LogP contribution in [0.4, 0.5) is 5.69 Å². The molecule has 0 bridgehead atoms. The Kier molecular flexibility index (Phi) is 6.24. The number of hydrogen-bond acceptors (Lipinski definition) is 4. The summed E-state index contributed by atoms with van der Waals surface area (Å²) in [6.45, 7) is -0.499. The highest BCUT2D eigenvalue weighted by atomic mass is 79.9. The van der Waals surface area contributed by atoms with E-state index in [-0.39, 0.29) is 21.3 Å². The van der Waals surface area contributed by atoms with Gasteiger partial charge in [-0.05, 0) is 34.1 Å². The zero-order chi connectivity index (χ0) is 17.0. The van der Waals surface area contributed by atoms with Crippen LogP contribution < -0.4 is 5.32 Å². The van der Waals surface area contributed by atoms with Gasteiger partial charge in [-0.15, -0.1) is 0 Å². The summed E-state index contributed by atoms with van der Waals surface area (Å²) < 4.78 is 5.52. The zero-order valence-corrected chi connectivity index (χ0v) is 15.1. The molecule has 0 saturated carbocycles. The first-order chi connectivity index (χ1) is 10.9. The van der Waals surface area contributed by atoms with Crippen molar-refractivity contribution in [2.75, 3.05) is 11.9 Å². The molecule has 120 valence electrons. The fourth-order valence-electron chi connectivity index (χ4n) is 1.58. The standard InChI is InChI=1S/C14H8BrCl3N2O3/c15-8-1-7(4-19-5-8)14(22)23-6-12(21)20-13-10(17)2-9(16)3-11(13)18/h1-5H,6H2,(H,20,21). The molecule has 0 aliphatic carbocycles. The van der Waals surface area contributed by atoms with Crippen LogP contribution in [0, 0.1) is 0 Å². The molecule has 1 aromatic carbocycles. The highest BCUT2D eigenvalue weighted by Crippen LogP contribution is 2.33. The Bertz CT molecular complexity index is 748. The van der Waals surface area contributed by atoms with Gasteiger partial charge in [0.05, 0.1) is 21.3 Å². The second-order valence-electron chi connectivity index (χ2n) is 4.26. The molecule has 9 heteroatoms. The number of nitrogens with one attached hydrogen (secondary N) is 1. The molecule has 5 nitrogen and oxygen atoms in total. The fraction of sp³-hybridized carbons (Fsp3) is 0.0714. The van der Waals surface area contributed by atoms with Crippen molar-refractivity contribution in [2.24, 2.45) is 0 Å². The Morgan fingerprint density at radius 1 is 1.13 bits per heavy atom. The smallest absolute Gasteiger partial charge is 0.340 e. The maximum Gasteiger partial charge on any atom is 0.340 e. The second-order valence-corrected chi connectivity index (χ2v) is 6.43. The Morgan fingerprint density at radius 3 is 2.39 bits per heavy atom. The summed E-state index contributed by atoms with van der Waals surface area (Å²) in [6, 6.07) is 4.40. The SMILES string of the molecule is O=C(COC(=O)c1cncc(Br)c1)Nc1c(Cl)cc(Cl)cc1Cl. The molecule has 0 saturated heterocycles. The maximum absolute atomic E-state index is 11.8. The van der Waals surface area contributed by atoms with Crippen LogP contribution in [0.15, 0.2) is 35.1 Å². The summed E-state index contributed by atoms with van der Waals surface area (Å²) >= 11 is 20.9. The molecule has 0 spiro atoms. The number of benzene rings is 1. The monoisotopic (exact) mass is 436 g/mol. The molecule has 0 aliphatic heterocycles. The Balaban J connectivity index is 1.97. The van der Waals surface area contributed by atoms with Gasteiger partial charge in [0.15, 0.2) is 6.61 Å². The zero-order valence-electron chi connectivity index (χ0n) is 11.3. The third-order valence-electron chi connectivity index (χ3n) is 2.55. The molecule has 0 atom stereocenters. The average molecular weight is 438 g/mol. The number of hydrogen-bond donors (Lipinski definition) is 1. The maximum atomic E-state index is 11.8. The third-order valence-corrected chi connectivity index (χ3v) is 3.79. The van der Waals surface area contributed by atoms with Gasteiger partial charge in [-0.25, -0.2) is 4.79 Å². The van der Waals surface area contributed by atoms with Crippen LogP contribution in [0.3, 0.4) is 0 Å². The molecule has 2 aromatic rings. The number of nitrogens with zero attached hydrogens (tertiary/aromatic N) is 1. The minimum Gasteiger partial charge on any atom is -0.452 e. The molecular weight excluding hydrogens is 430 g/mol. The van der Waals surface area contributed by atoms with Gasteiger partial charge in [0.2, 0.25) is 0 Å². The molecule has 23 heavy (non-hydrogen) atoms. The van der Waals surface area contributed by atoms with Crippen molar-refractivity contribution in [3.63, 3.8) is 0 Å². The topological polar surface area (TPSA) is 68.3 Å². The third kappa shape index (κ3) is 5.07. The van der Waals surface area contributed by atoms with Gasteiger partial charge in [-0.3, -0.25) is 9.78 Å². The molecule has 1 heterocycles. The summed E-state index contributed by atoms with van der Waals surface area (Å²) in [6.07, 6.45) is 2.85. The minimum absolute atomic E-state index is 0.179. The van der Waals surface area contributed by atoms with E-state index in [1.54, 1.807) is 0 Å². The van der Waals surface area contributed by atoms with E-state index in [1.807, 2.05) is 0 Å². The number of halogens is 4. The van der Waals surface area contributed by atoms with Crippen molar-refractivity contribution < 1.29 is 14.3 Å². The van der Waals surface area contributed by atoms with E-state index in [9.17, 15) is 9.59 Å². The number of aromatic nitrogens is 1. The highest BCUT2D eigenvalue weighted by molar-refractivity contribution is 9.10. The van der Waals surface area contributed by atoms with Gasteiger partial charge < -0.3 is 10.1 Å². The predicted octanol–water partition coefficient (Wildman–Crippen LogP) is 4.60. The molecule has 0 fully saturated rings. The van der Waals surface area contributed by atoms with Crippen molar-refractivity contribution >= 4 is 68.3 Å². The summed E-state index contributed by atoms with van der Waals surface area (Å²) in [5, 5.41) is 3.16. The van der Waals surface area contributed by atoms with Crippen molar-refractivity contribution in [1.29, 1.82) is 0 Å². The van der Waals surface area contributed by atoms with Crippen LogP contribution in [-0.2, 0) is 9.53 Å². The molecule has 0 radical (unpaired) electrons. The lowest BCUT2D eigenvalue weighted by molar-refractivity contribution is -0.119. The van der Waals surface area contributed by atoms with E-state index in [4.69, 9.17) is 39.5 Å². The quantitative estimate of drug-likeness (QED) is 0.709. The van der Waals surface area contributed by atoms with Gasteiger partial charge in [0, 0.05) is 21.9 Å². The lowest BCUT2D eigenvalue weighted by Crippen LogP contribution is -2.21. The molecule has 0 aliphatic rings. The van der Waals surface area contributed by atoms with E-state index in [2.05, 4.69) is 26.2 Å². The molecule has 1 N–H and O–H groups in total. The van der Waals surface area contributed by atoms with Crippen LogP contribution in [-0.4, -0.2) is 23.5 Å². The predicted molar refractivity (Wildman–Crippen MR) is 92.3 cm³/mol. The molecule has 0 unspecified atom stereocenters. The van der Waals surface area contributed by atoms with Crippen molar-refractivity contribution in [2.45, 2.75) is 0 Å². The van der Waals surface area contributed by atoms with Gasteiger partial charge >= 0.3 is 5.97 Å². The van der Waals surface area contributed by atoms with Crippen LogP contribution in [0.25, 0.3) is 0 Å². The summed E-state index contributed by atoms with van der Waals surface area (Å²) in [5.74, 6) is -1.27. The number of amides is 1. The average Bonchev–Trinajstić information content (AvgIpc) is 2.48. The van der Waals surface area contributed by atoms with E-state index in [0.29, 0.717) is 9.50 Å². The number of anilines is 1. The van der Waals surface area contributed by atoms with E-state index in [1.165, 1.54) is 30.6 Å². The first-order valence-electron chi connectivity index (χ1n) is 6.09. The van der Waals surface area contributed by atoms with Crippen molar-refractivity contribution in [3.05, 3.63) is 55.7 Å². The van der Waals surface area contributed by atoms with Gasteiger partial charge in [0.1, 0.15) is 0 Å². The number of ether oxygens (including phenoxy) is 1. The van der Waals surface area contributed by atoms with E-state index in [0.717, 1.165) is 0 Å². The van der Waals surface area contributed by atoms with Gasteiger partial charge in [0.25, 0.3) is 5.91 Å². The number of esters is 1. The minimum atomic E-state index is -0.678. The normalized spacial score (nSPS) is 10.3. The summed E-state index contributed by atoms with van der Waals surface area (Å²) in [7, 11) is 0. The van der Waals surface area contributed by atoms with E-state index < -0.39 is 18.5 Å². The summed E-state index contributed by atoms with van der Waals surface area (Å²) in [5.41, 5.74) is 0.414. The number of pyridine rings is 1. The molecule has 2 rings (SSSR count). The lowest BCUT2D eigenvalue weighted by atomic mass is 10.3. The fourth-order valence-corrected chi connectivity index (χ4v) is 2.85. The van der Waals surface area contributed by atoms with Crippen LogP contribution >= 0.6 is 50.7 Å². The molecule has 1 aromatic heterocycles.